The van der Waals surface area contributed by atoms with Gasteiger partial charge < -0.3 is 14.8 Å². The highest BCUT2D eigenvalue weighted by atomic mass is 35.5. The SMILES string of the molecule is CCc1cccc2c([C@@H](CC(=O)N3CC[NH+](CC)CC3)c3ccc(Cl)cc3)c[nH]c12. The fraction of sp³-hybridized carbons (Fsp3) is 0.400. The van der Waals surface area contributed by atoms with E-state index in [1.807, 2.05) is 17.0 Å². The molecule has 1 aliphatic heterocycles. The monoisotopic (exact) mass is 424 g/mol. The first-order valence-electron chi connectivity index (χ1n) is 11.1. The van der Waals surface area contributed by atoms with Crippen LogP contribution in [0.3, 0.4) is 0 Å². The van der Waals surface area contributed by atoms with Crippen LogP contribution in [0, 0.1) is 0 Å². The summed E-state index contributed by atoms with van der Waals surface area (Å²) in [5.74, 6) is 0.248. The van der Waals surface area contributed by atoms with E-state index in [2.05, 4.69) is 55.4 Å². The summed E-state index contributed by atoms with van der Waals surface area (Å²) in [7, 11) is 0. The number of piperazine rings is 1. The minimum Gasteiger partial charge on any atom is -0.361 e. The number of hydrogen-bond acceptors (Lipinski definition) is 1. The third-order valence-corrected chi connectivity index (χ3v) is 6.82. The summed E-state index contributed by atoms with van der Waals surface area (Å²) in [6.45, 7) is 9.30. The van der Waals surface area contributed by atoms with Gasteiger partial charge in [-0.25, -0.2) is 0 Å². The molecule has 2 N–H and O–H groups in total. The number of H-pyrrole nitrogens is 1. The molecule has 4 nitrogen and oxygen atoms in total. The van der Waals surface area contributed by atoms with E-state index < -0.39 is 0 Å². The Morgan fingerprint density at radius 2 is 1.87 bits per heavy atom. The fourth-order valence-corrected chi connectivity index (χ4v) is 4.78. The first-order chi connectivity index (χ1) is 14.6. The molecule has 2 heterocycles. The Morgan fingerprint density at radius 3 is 2.53 bits per heavy atom. The standard InChI is InChI=1S/C25H30ClN3O/c1-3-18-6-5-7-21-23(17-27-25(18)21)22(19-8-10-20(26)11-9-19)16-24(30)29-14-12-28(4-2)13-15-29/h5-11,17,22,27H,3-4,12-16H2,1-2H3/p+1/t22-/m0/s1. The van der Waals surface area contributed by atoms with Crippen LogP contribution >= 0.6 is 11.6 Å². The number of halogens is 1. The van der Waals surface area contributed by atoms with E-state index in [1.54, 1.807) is 4.90 Å². The molecule has 0 aliphatic carbocycles. The van der Waals surface area contributed by atoms with Crippen molar-refractivity contribution in [2.24, 2.45) is 0 Å². The lowest BCUT2D eigenvalue weighted by atomic mass is 9.87. The topological polar surface area (TPSA) is 40.5 Å². The third-order valence-electron chi connectivity index (χ3n) is 6.56. The summed E-state index contributed by atoms with van der Waals surface area (Å²) in [6, 6.07) is 14.4. The maximum atomic E-state index is 13.3. The summed E-state index contributed by atoms with van der Waals surface area (Å²) in [4.78, 5) is 20.4. The van der Waals surface area contributed by atoms with Gasteiger partial charge >= 0.3 is 0 Å². The average molecular weight is 425 g/mol. The van der Waals surface area contributed by atoms with Crippen LogP contribution in [-0.4, -0.2) is 48.5 Å². The normalized spacial score (nSPS) is 16.2. The number of hydrogen-bond donors (Lipinski definition) is 2. The molecule has 3 aromatic rings. The van der Waals surface area contributed by atoms with E-state index in [-0.39, 0.29) is 11.8 Å². The molecule has 0 spiro atoms. The Kier molecular flexibility index (Phi) is 6.45. The van der Waals surface area contributed by atoms with Crippen molar-refractivity contribution in [1.29, 1.82) is 0 Å². The number of nitrogens with one attached hydrogen (secondary N) is 2. The summed E-state index contributed by atoms with van der Waals surface area (Å²) in [6.07, 6.45) is 3.55. The molecular formula is C25H31ClN3O+. The zero-order valence-electron chi connectivity index (χ0n) is 17.9. The summed E-state index contributed by atoms with van der Waals surface area (Å²) in [5, 5.41) is 1.93. The third kappa shape index (κ3) is 4.26. The number of para-hydroxylation sites is 1. The number of aryl methyl sites for hydroxylation is 1. The number of likely N-dealkylation sites (N-methyl/N-ethyl adjacent to an activating group) is 1. The second-order valence-corrected chi connectivity index (χ2v) is 8.67. The molecular weight excluding hydrogens is 394 g/mol. The second kappa shape index (κ2) is 9.23. The number of aromatic amines is 1. The van der Waals surface area contributed by atoms with Gasteiger partial charge in [0.1, 0.15) is 0 Å². The zero-order chi connectivity index (χ0) is 21.1. The molecule has 1 aliphatic rings. The number of aromatic nitrogens is 1. The Hall–Kier alpha value is -2.30. The van der Waals surface area contributed by atoms with E-state index >= 15 is 0 Å². The highest BCUT2D eigenvalue weighted by molar-refractivity contribution is 6.30. The molecule has 0 radical (unpaired) electrons. The van der Waals surface area contributed by atoms with Gasteiger partial charge in [-0.3, -0.25) is 4.79 Å². The minimum atomic E-state index is 0.00664. The minimum absolute atomic E-state index is 0.00664. The van der Waals surface area contributed by atoms with Gasteiger partial charge in [0.05, 0.1) is 32.7 Å². The number of carbonyl (C=O) groups excluding carboxylic acids is 1. The molecule has 4 rings (SSSR count). The maximum absolute atomic E-state index is 13.3. The van der Waals surface area contributed by atoms with Gasteiger partial charge in [0, 0.05) is 34.5 Å². The fourth-order valence-electron chi connectivity index (χ4n) is 4.65. The quantitative estimate of drug-likeness (QED) is 0.623. The van der Waals surface area contributed by atoms with E-state index in [1.165, 1.54) is 22.0 Å². The molecule has 0 bridgehead atoms. The average Bonchev–Trinajstić information content (AvgIpc) is 3.22. The van der Waals surface area contributed by atoms with Gasteiger partial charge in [0.15, 0.2) is 0 Å². The molecule has 0 unspecified atom stereocenters. The number of quaternary nitrogens is 1. The smallest absolute Gasteiger partial charge is 0.223 e. The van der Waals surface area contributed by atoms with Crippen molar-refractivity contribution in [3.63, 3.8) is 0 Å². The van der Waals surface area contributed by atoms with Crippen molar-refractivity contribution < 1.29 is 9.69 Å². The predicted molar refractivity (Wildman–Crippen MR) is 123 cm³/mol. The van der Waals surface area contributed by atoms with Gasteiger partial charge in [-0.2, -0.15) is 0 Å². The number of rotatable bonds is 6. The van der Waals surface area contributed by atoms with Crippen LogP contribution in [0.15, 0.2) is 48.7 Å². The first-order valence-corrected chi connectivity index (χ1v) is 11.4. The van der Waals surface area contributed by atoms with Crippen LogP contribution in [0.4, 0.5) is 0 Å². The van der Waals surface area contributed by atoms with E-state index in [0.717, 1.165) is 49.7 Å². The molecule has 5 heteroatoms. The van der Waals surface area contributed by atoms with Gasteiger partial charge in [0.2, 0.25) is 5.91 Å². The van der Waals surface area contributed by atoms with Gasteiger partial charge in [-0.1, -0.05) is 48.9 Å². The molecule has 1 fully saturated rings. The van der Waals surface area contributed by atoms with Crippen molar-refractivity contribution in [2.75, 3.05) is 32.7 Å². The van der Waals surface area contributed by atoms with Crippen molar-refractivity contribution in [3.8, 4) is 0 Å². The van der Waals surface area contributed by atoms with E-state index in [0.29, 0.717) is 6.42 Å². The van der Waals surface area contributed by atoms with E-state index in [9.17, 15) is 4.79 Å². The molecule has 1 saturated heterocycles. The summed E-state index contributed by atoms with van der Waals surface area (Å²) >= 11 is 6.15. The van der Waals surface area contributed by atoms with Crippen LogP contribution in [0.25, 0.3) is 10.9 Å². The Balaban J connectivity index is 1.66. The van der Waals surface area contributed by atoms with Crippen molar-refractivity contribution in [2.45, 2.75) is 32.6 Å². The zero-order valence-corrected chi connectivity index (χ0v) is 18.6. The highest BCUT2D eigenvalue weighted by Gasteiger charge is 2.27. The molecule has 1 atom stereocenters. The Bertz CT molecular complexity index is 1000. The molecule has 30 heavy (non-hydrogen) atoms. The maximum Gasteiger partial charge on any atom is 0.223 e. The van der Waals surface area contributed by atoms with Crippen molar-refractivity contribution in [1.82, 2.24) is 9.88 Å². The lowest BCUT2D eigenvalue weighted by Crippen LogP contribution is -3.14. The van der Waals surface area contributed by atoms with Gasteiger partial charge in [0.25, 0.3) is 0 Å². The number of nitrogens with zero attached hydrogens (tertiary/aromatic N) is 1. The van der Waals surface area contributed by atoms with Crippen LogP contribution in [-0.2, 0) is 11.2 Å². The molecule has 2 aromatic carbocycles. The van der Waals surface area contributed by atoms with Crippen LogP contribution in [0.2, 0.25) is 5.02 Å². The lowest BCUT2D eigenvalue weighted by Gasteiger charge is -2.32. The Labute approximate surface area is 183 Å². The molecule has 1 aromatic heterocycles. The van der Waals surface area contributed by atoms with Crippen molar-refractivity contribution >= 4 is 28.4 Å². The van der Waals surface area contributed by atoms with Crippen LogP contribution in [0.1, 0.15) is 42.9 Å². The summed E-state index contributed by atoms with van der Waals surface area (Å²) < 4.78 is 0. The first kappa shape index (κ1) is 21.0. The number of amides is 1. The largest absolute Gasteiger partial charge is 0.361 e. The van der Waals surface area contributed by atoms with Crippen molar-refractivity contribution in [3.05, 3.63) is 70.4 Å². The van der Waals surface area contributed by atoms with Gasteiger partial charge in [-0.05, 0) is 42.2 Å². The van der Waals surface area contributed by atoms with Crippen LogP contribution in [0.5, 0.6) is 0 Å². The van der Waals surface area contributed by atoms with Crippen LogP contribution < -0.4 is 4.90 Å². The Morgan fingerprint density at radius 1 is 1.13 bits per heavy atom. The molecule has 0 saturated carbocycles. The second-order valence-electron chi connectivity index (χ2n) is 8.23. The predicted octanol–water partition coefficient (Wildman–Crippen LogP) is 3.65. The highest BCUT2D eigenvalue weighted by Crippen LogP contribution is 2.35. The van der Waals surface area contributed by atoms with Gasteiger partial charge in [-0.15, -0.1) is 0 Å². The number of fused-ring (bicyclic) bond motifs is 1. The molecule has 1 amide bonds. The van der Waals surface area contributed by atoms with E-state index in [4.69, 9.17) is 11.6 Å². The number of benzene rings is 2. The lowest BCUT2D eigenvalue weighted by molar-refractivity contribution is -0.902. The summed E-state index contributed by atoms with van der Waals surface area (Å²) in [5.41, 5.74) is 4.81. The molecule has 158 valence electrons. The number of carbonyl (C=O) groups is 1.